The fourth-order valence-electron chi connectivity index (χ4n) is 3.70. The summed E-state index contributed by atoms with van der Waals surface area (Å²) in [6.07, 6.45) is 0. The molecule has 1 heterocycles. The van der Waals surface area contributed by atoms with E-state index in [-0.39, 0.29) is 37.6 Å². The van der Waals surface area contributed by atoms with Crippen LogP contribution in [0.4, 0.5) is 23.2 Å². The third-order valence-electron chi connectivity index (χ3n) is 5.23. The Bertz CT molecular complexity index is 1010. The third kappa shape index (κ3) is 4.96. The molecule has 11 heteroatoms. The maximum Gasteiger partial charge on any atom is 0.254 e. The van der Waals surface area contributed by atoms with Crippen LogP contribution >= 0.6 is 11.6 Å². The van der Waals surface area contributed by atoms with Crippen LogP contribution in [0.5, 0.6) is 17.2 Å². The Morgan fingerprint density at radius 3 is 1.74 bits per heavy atom. The zero-order valence-electron chi connectivity index (χ0n) is 19.0. The number of hydrogen-bond acceptors (Lipinski definition) is 5. The summed E-state index contributed by atoms with van der Waals surface area (Å²) < 4.78 is 73.3. The van der Waals surface area contributed by atoms with E-state index in [9.17, 15) is 22.4 Å². The minimum absolute atomic E-state index is 0.0479. The molecule has 0 unspecified atom stereocenters. The minimum atomic E-state index is -1.66. The second kappa shape index (κ2) is 11.0. The highest BCUT2D eigenvalue weighted by molar-refractivity contribution is 6.31. The van der Waals surface area contributed by atoms with Crippen molar-refractivity contribution < 1.29 is 36.6 Å². The quantitative estimate of drug-likeness (QED) is 0.286. The predicted molar refractivity (Wildman–Crippen MR) is 119 cm³/mol. The maximum atomic E-state index is 14.3. The van der Waals surface area contributed by atoms with E-state index >= 15 is 0 Å². The monoisotopic (exact) mass is 504 g/mol. The molecular formula is C23H25ClF4N2O4. The fourth-order valence-corrected chi connectivity index (χ4v) is 3.86. The molecule has 2 aromatic carbocycles. The van der Waals surface area contributed by atoms with Crippen molar-refractivity contribution in [2.45, 2.75) is 20.8 Å². The van der Waals surface area contributed by atoms with Crippen molar-refractivity contribution in [2.75, 3.05) is 50.9 Å². The van der Waals surface area contributed by atoms with Gasteiger partial charge in [0.2, 0.25) is 5.75 Å². The third-order valence-corrected chi connectivity index (χ3v) is 5.56. The van der Waals surface area contributed by atoms with E-state index < -0.39 is 34.0 Å². The number of amides is 1. The van der Waals surface area contributed by atoms with Gasteiger partial charge in [-0.25, -0.2) is 17.6 Å². The summed E-state index contributed by atoms with van der Waals surface area (Å²) in [7, 11) is 0. The van der Waals surface area contributed by atoms with Crippen LogP contribution in [0.25, 0.3) is 0 Å². The first kappa shape index (κ1) is 25.7. The first-order chi connectivity index (χ1) is 16.2. The van der Waals surface area contributed by atoms with Crippen LogP contribution in [0.15, 0.2) is 12.1 Å². The van der Waals surface area contributed by atoms with Crippen molar-refractivity contribution in [3.63, 3.8) is 0 Å². The summed E-state index contributed by atoms with van der Waals surface area (Å²) in [6, 6.07) is 3.10. The van der Waals surface area contributed by atoms with E-state index in [4.69, 9.17) is 25.8 Å². The van der Waals surface area contributed by atoms with Gasteiger partial charge in [0.15, 0.2) is 34.8 Å². The van der Waals surface area contributed by atoms with Crippen LogP contribution in [0.1, 0.15) is 31.1 Å². The SMILES string of the molecule is CCOc1cc(C(=O)N2CCN(c3c(F)c(F)c(Cl)c(F)c3F)CC2)cc(OCC)c1OCC. The molecular weight excluding hydrogens is 480 g/mol. The molecule has 0 aromatic heterocycles. The van der Waals surface area contributed by atoms with Crippen molar-refractivity contribution in [1.82, 2.24) is 4.90 Å². The van der Waals surface area contributed by atoms with Gasteiger partial charge in [0.1, 0.15) is 10.7 Å². The van der Waals surface area contributed by atoms with Crippen LogP contribution in [0.3, 0.4) is 0 Å². The van der Waals surface area contributed by atoms with Crippen molar-refractivity contribution in [3.05, 3.63) is 46.0 Å². The highest BCUT2D eigenvalue weighted by Gasteiger charge is 2.31. The molecule has 6 nitrogen and oxygen atoms in total. The number of carbonyl (C=O) groups is 1. The first-order valence-electron chi connectivity index (χ1n) is 10.9. The van der Waals surface area contributed by atoms with Crippen LogP contribution in [0.2, 0.25) is 5.02 Å². The summed E-state index contributed by atoms with van der Waals surface area (Å²) in [5.74, 6) is -5.71. The van der Waals surface area contributed by atoms with Crippen molar-refractivity contribution >= 4 is 23.2 Å². The van der Waals surface area contributed by atoms with Gasteiger partial charge in [-0.1, -0.05) is 11.6 Å². The van der Waals surface area contributed by atoms with Gasteiger partial charge in [-0.05, 0) is 32.9 Å². The number of ether oxygens (including phenoxy) is 3. The number of hydrogen-bond donors (Lipinski definition) is 0. The second-order valence-electron chi connectivity index (χ2n) is 7.30. The van der Waals surface area contributed by atoms with E-state index in [1.807, 2.05) is 6.92 Å². The number of piperazine rings is 1. The molecule has 1 saturated heterocycles. The van der Waals surface area contributed by atoms with E-state index in [0.717, 1.165) is 4.90 Å². The molecule has 1 aliphatic rings. The summed E-state index contributed by atoms with van der Waals surface area (Å²) >= 11 is 5.30. The van der Waals surface area contributed by atoms with E-state index in [2.05, 4.69) is 0 Å². The summed E-state index contributed by atoms with van der Waals surface area (Å²) in [5, 5.41) is -1.24. The highest BCUT2D eigenvalue weighted by Crippen LogP contribution is 2.40. The minimum Gasteiger partial charge on any atom is -0.490 e. The standard InChI is InChI=1S/C23H25ClF4N2O4/c1-4-32-14-11-13(12-15(33-5-2)22(14)34-6-3)23(31)30-9-7-29(8-10-30)21-19(27)17(25)16(24)18(26)20(21)28/h11-12H,4-10H2,1-3H3. The van der Waals surface area contributed by atoms with Gasteiger partial charge in [0, 0.05) is 31.7 Å². The van der Waals surface area contributed by atoms with Crippen LogP contribution in [-0.2, 0) is 0 Å². The number of carbonyl (C=O) groups excluding carboxylic acids is 1. The molecule has 0 N–H and O–H groups in total. The van der Waals surface area contributed by atoms with E-state index in [0.29, 0.717) is 37.1 Å². The van der Waals surface area contributed by atoms with Gasteiger partial charge < -0.3 is 24.0 Å². The van der Waals surface area contributed by atoms with Crippen LogP contribution in [0, 0.1) is 23.3 Å². The molecule has 0 spiro atoms. The second-order valence-corrected chi connectivity index (χ2v) is 7.68. The molecule has 0 aliphatic carbocycles. The zero-order valence-corrected chi connectivity index (χ0v) is 19.8. The molecule has 2 aromatic rings. The average molecular weight is 505 g/mol. The summed E-state index contributed by atoms with van der Waals surface area (Å²) in [5.41, 5.74) is -0.561. The van der Waals surface area contributed by atoms with Crippen molar-refractivity contribution in [1.29, 1.82) is 0 Å². The molecule has 186 valence electrons. The Balaban J connectivity index is 1.83. The Kier molecular flexibility index (Phi) is 8.35. The Morgan fingerprint density at radius 2 is 1.29 bits per heavy atom. The molecule has 0 bridgehead atoms. The van der Waals surface area contributed by atoms with Gasteiger partial charge in [0.05, 0.1) is 19.8 Å². The van der Waals surface area contributed by atoms with Crippen molar-refractivity contribution in [2.24, 2.45) is 0 Å². The smallest absolute Gasteiger partial charge is 0.254 e. The lowest BCUT2D eigenvalue weighted by atomic mass is 10.1. The van der Waals surface area contributed by atoms with E-state index in [1.54, 1.807) is 26.0 Å². The van der Waals surface area contributed by atoms with Crippen LogP contribution in [-0.4, -0.2) is 56.8 Å². The highest BCUT2D eigenvalue weighted by atomic mass is 35.5. The largest absolute Gasteiger partial charge is 0.490 e. The predicted octanol–water partition coefficient (Wildman–Crippen LogP) is 5.05. The van der Waals surface area contributed by atoms with Gasteiger partial charge in [-0.2, -0.15) is 0 Å². The molecule has 3 rings (SSSR count). The normalized spacial score (nSPS) is 13.8. The van der Waals surface area contributed by atoms with Gasteiger partial charge in [0.25, 0.3) is 5.91 Å². The lowest BCUT2D eigenvalue weighted by Gasteiger charge is -2.36. The Labute approximate surface area is 199 Å². The van der Waals surface area contributed by atoms with Gasteiger partial charge in [-0.3, -0.25) is 4.79 Å². The molecule has 0 saturated carbocycles. The topological polar surface area (TPSA) is 51.2 Å². The average Bonchev–Trinajstić information content (AvgIpc) is 2.83. The first-order valence-corrected chi connectivity index (χ1v) is 11.2. The molecule has 0 atom stereocenters. The summed E-state index contributed by atoms with van der Waals surface area (Å²) in [6.45, 7) is 6.48. The number of rotatable bonds is 8. The zero-order chi connectivity index (χ0) is 25.0. The molecule has 34 heavy (non-hydrogen) atoms. The number of anilines is 1. The fraction of sp³-hybridized carbons (Fsp3) is 0.435. The molecule has 0 radical (unpaired) electrons. The van der Waals surface area contributed by atoms with Crippen LogP contribution < -0.4 is 19.1 Å². The van der Waals surface area contributed by atoms with E-state index in [1.165, 1.54) is 4.90 Å². The molecule has 1 fully saturated rings. The Hall–Kier alpha value is -2.88. The van der Waals surface area contributed by atoms with Crippen molar-refractivity contribution in [3.8, 4) is 17.2 Å². The molecule has 1 amide bonds. The lowest BCUT2D eigenvalue weighted by Crippen LogP contribution is -2.49. The molecule has 1 aliphatic heterocycles. The number of benzene rings is 2. The number of nitrogens with zero attached hydrogens (tertiary/aromatic N) is 2. The van der Waals surface area contributed by atoms with Gasteiger partial charge in [-0.15, -0.1) is 0 Å². The number of halogens is 5. The summed E-state index contributed by atoms with van der Waals surface area (Å²) in [4.78, 5) is 15.8. The lowest BCUT2D eigenvalue weighted by molar-refractivity contribution is 0.0745. The Morgan fingerprint density at radius 1 is 0.824 bits per heavy atom. The van der Waals surface area contributed by atoms with Gasteiger partial charge >= 0.3 is 0 Å². The maximum absolute atomic E-state index is 14.3.